The molecular weight excluding hydrogens is 537 g/mol. The molecule has 4 rings (SSSR count). The molecule has 0 radical (unpaired) electrons. The highest BCUT2D eigenvalue weighted by Crippen LogP contribution is 2.61. The van der Waals surface area contributed by atoms with Crippen LogP contribution >= 0.6 is 0 Å². The second kappa shape index (κ2) is 8.99. The van der Waals surface area contributed by atoms with Gasteiger partial charge in [0.1, 0.15) is 5.60 Å². The monoisotopic (exact) mass is 560 g/mol. The fraction of sp³-hybridized carbons (Fsp3) is 0.818. The van der Waals surface area contributed by atoms with Gasteiger partial charge < -0.3 is 9.47 Å². The first kappa shape index (κ1) is 29.5. The highest BCUT2D eigenvalue weighted by Gasteiger charge is 2.87. The maximum atomic E-state index is 13.9. The summed E-state index contributed by atoms with van der Waals surface area (Å²) in [7, 11) is 0. The molecule has 0 aromatic rings. The van der Waals surface area contributed by atoms with E-state index in [2.05, 4.69) is 11.3 Å². The number of esters is 2. The Balaban J connectivity index is 1.79. The van der Waals surface area contributed by atoms with Gasteiger partial charge in [-0.2, -0.15) is 48.3 Å². The molecule has 4 bridgehead atoms. The number of ether oxygens (including phenoxy) is 2. The maximum Gasteiger partial charge on any atom is 0.460 e. The zero-order valence-electron chi connectivity index (χ0n) is 19.3. The number of hydrogen-bond acceptors (Lipinski definition) is 4. The minimum Gasteiger partial charge on any atom is -0.459 e. The molecule has 0 aromatic carbocycles. The Morgan fingerprint density at radius 3 is 1.65 bits per heavy atom. The lowest BCUT2D eigenvalue weighted by Crippen LogP contribution is -2.67. The molecule has 0 unspecified atom stereocenters. The van der Waals surface area contributed by atoms with Crippen molar-refractivity contribution in [3.63, 3.8) is 0 Å². The molecule has 0 atom stereocenters. The van der Waals surface area contributed by atoms with Gasteiger partial charge in [-0.05, 0) is 50.9 Å². The van der Waals surface area contributed by atoms with Crippen LogP contribution in [0.4, 0.5) is 48.3 Å². The molecule has 4 saturated carbocycles. The molecule has 0 heterocycles. The third-order valence-corrected chi connectivity index (χ3v) is 7.59. The van der Waals surface area contributed by atoms with Crippen LogP contribution in [0.3, 0.4) is 0 Å². The van der Waals surface area contributed by atoms with Gasteiger partial charge in [-0.3, -0.25) is 4.79 Å². The molecular formula is C22H23F11O4. The minimum atomic E-state index is -7.59. The summed E-state index contributed by atoms with van der Waals surface area (Å²) in [6.45, 7) is 1.79. The first-order valence-electron chi connectivity index (χ1n) is 11.2. The summed E-state index contributed by atoms with van der Waals surface area (Å²) >= 11 is 0. The quantitative estimate of drug-likeness (QED) is 0.188. The minimum absolute atomic E-state index is 0.0689. The van der Waals surface area contributed by atoms with E-state index in [0.29, 0.717) is 25.7 Å². The SMILES string of the molecule is C=C(C)C(=O)OC1(CC(=O)OCC(F)(F)C(F)(F)C(F)(F)C(F)(F)C(F)(F)F)C2CC3CC(C2)CC1C3. The van der Waals surface area contributed by atoms with Gasteiger partial charge in [0, 0.05) is 17.4 Å². The van der Waals surface area contributed by atoms with Crippen molar-refractivity contribution in [2.24, 2.45) is 23.7 Å². The molecule has 4 aliphatic rings. The number of halogens is 11. The van der Waals surface area contributed by atoms with Gasteiger partial charge in [-0.25, -0.2) is 4.79 Å². The topological polar surface area (TPSA) is 52.6 Å². The molecule has 0 spiro atoms. The molecule has 4 fully saturated rings. The molecule has 0 N–H and O–H groups in total. The van der Waals surface area contributed by atoms with Crippen LogP contribution in [0.15, 0.2) is 12.2 Å². The van der Waals surface area contributed by atoms with Crippen molar-refractivity contribution in [3.05, 3.63) is 12.2 Å². The zero-order chi connectivity index (χ0) is 28.4. The molecule has 0 aliphatic heterocycles. The first-order chi connectivity index (χ1) is 16.6. The molecule has 37 heavy (non-hydrogen) atoms. The highest BCUT2D eigenvalue weighted by molar-refractivity contribution is 5.87. The Hall–Kier alpha value is -2.09. The normalized spacial score (nSPS) is 30.3. The number of alkyl halides is 11. The van der Waals surface area contributed by atoms with Crippen molar-refractivity contribution in [1.82, 2.24) is 0 Å². The van der Waals surface area contributed by atoms with Crippen LogP contribution in [0.25, 0.3) is 0 Å². The summed E-state index contributed by atoms with van der Waals surface area (Å²) in [5.74, 6) is -31.7. The second-order valence-corrected chi connectivity index (χ2v) is 10.2. The van der Waals surface area contributed by atoms with Crippen LogP contribution in [-0.2, 0) is 19.1 Å². The van der Waals surface area contributed by atoms with E-state index >= 15 is 0 Å². The van der Waals surface area contributed by atoms with Gasteiger partial charge in [0.15, 0.2) is 6.61 Å². The number of hydrogen-bond donors (Lipinski definition) is 0. The Morgan fingerprint density at radius 1 is 0.784 bits per heavy atom. The predicted molar refractivity (Wildman–Crippen MR) is 102 cm³/mol. The van der Waals surface area contributed by atoms with E-state index in [9.17, 15) is 57.9 Å². The Morgan fingerprint density at radius 2 is 1.24 bits per heavy atom. The van der Waals surface area contributed by atoms with Crippen molar-refractivity contribution in [2.75, 3.05) is 6.61 Å². The van der Waals surface area contributed by atoms with E-state index in [-0.39, 0.29) is 17.4 Å². The Labute approximate surface area is 203 Å². The summed E-state index contributed by atoms with van der Waals surface area (Å²) in [4.78, 5) is 24.8. The van der Waals surface area contributed by atoms with Crippen molar-refractivity contribution in [2.45, 2.75) is 80.9 Å². The second-order valence-electron chi connectivity index (χ2n) is 10.2. The van der Waals surface area contributed by atoms with Gasteiger partial charge >= 0.3 is 41.8 Å². The van der Waals surface area contributed by atoms with E-state index in [0.717, 1.165) is 6.42 Å². The first-order valence-corrected chi connectivity index (χ1v) is 11.2. The smallest absolute Gasteiger partial charge is 0.459 e. The average Bonchev–Trinajstić information content (AvgIpc) is 2.74. The zero-order valence-corrected chi connectivity index (χ0v) is 19.3. The van der Waals surface area contributed by atoms with Gasteiger partial charge in [-0.15, -0.1) is 0 Å². The lowest BCUT2D eigenvalue weighted by molar-refractivity contribution is -0.423. The van der Waals surface area contributed by atoms with Crippen molar-refractivity contribution >= 4 is 11.9 Å². The lowest BCUT2D eigenvalue weighted by Gasteiger charge is -2.59. The molecule has 0 amide bonds. The summed E-state index contributed by atoms with van der Waals surface area (Å²) in [5, 5.41) is 0. The van der Waals surface area contributed by atoms with Crippen LogP contribution < -0.4 is 0 Å². The van der Waals surface area contributed by atoms with E-state index in [4.69, 9.17) is 4.74 Å². The molecule has 0 saturated heterocycles. The third-order valence-electron chi connectivity index (χ3n) is 7.59. The van der Waals surface area contributed by atoms with Crippen LogP contribution in [0.1, 0.15) is 45.4 Å². The number of carbonyl (C=O) groups excluding carboxylic acids is 2. The van der Waals surface area contributed by atoms with Gasteiger partial charge in [0.2, 0.25) is 0 Å². The number of carbonyl (C=O) groups is 2. The van der Waals surface area contributed by atoms with Crippen molar-refractivity contribution in [1.29, 1.82) is 0 Å². The van der Waals surface area contributed by atoms with Gasteiger partial charge in [-0.1, -0.05) is 6.58 Å². The van der Waals surface area contributed by atoms with E-state index in [1.165, 1.54) is 6.92 Å². The molecule has 4 aliphatic carbocycles. The predicted octanol–water partition coefficient (Wildman–Crippen LogP) is 6.34. The summed E-state index contributed by atoms with van der Waals surface area (Å²) in [6, 6.07) is 0. The summed E-state index contributed by atoms with van der Waals surface area (Å²) in [6.07, 6.45) is -5.33. The molecule has 4 nitrogen and oxygen atoms in total. The van der Waals surface area contributed by atoms with Gasteiger partial charge in [0.05, 0.1) is 6.42 Å². The van der Waals surface area contributed by atoms with E-state index in [1.54, 1.807) is 0 Å². The maximum absolute atomic E-state index is 13.9. The fourth-order valence-electron chi connectivity index (χ4n) is 5.88. The van der Waals surface area contributed by atoms with Crippen LogP contribution in [0, 0.1) is 23.7 Å². The highest BCUT2D eigenvalue weighted by atomic mass is 19.4. The fourth-order valence-corrected chi connectivity index (χ4v) is 5.88. The van der Waals surface area contributed by atoms with Crippen molar-refractivity contribution < 1.29 is 67.4 Å². The molecule has 0 aromatic heterocycles. The Kier molecular flexibility index (Phi) is 7.16. The lowest BCUT2D eigenvalue weighted by atomic mass is 9.49. The van der Waals surface area contributed by atoms with E-state index in [1.807, 2.05) is 0 Å². The van der Waals surface area contributed by atoms with Crippen LogP contribution in [-0.4, -0.2) is 54.0 Å². The average molecular weight is 560 g/mol. The Bertz CT molecular complexity index is 913. The third kappa shape index (κ3) is 4.68. The summed E-state index contributed by atoms with van der Waals surface area (Å²) < 4.78 is 154. The van der Waals surface area contributed by atoms with Crippen LogP contribution in [0.5, 0.6) is 0 Å². The van der Waals surface area contributed by atoms with E-state index < -0.39 is 72.3 Å². The standard InChI is InChI=1S/C22H23F11O4/c1-10(2)16(35)37-17(13-4-11-3-12(6-13)7-14(17)5-11)8-15(34)36-9-18(23,24)19(25,26)20(27,28)21(29,30)22(31,32)33/h11-14H,1,3-9H2,2H3. The molecule has 212 valence electrons. The largest absolute Gasteiger partial charge is 0.460 e. The van der Waals surface area contributed by atoms with Crippen LogP contribution in [0.2, 0.25) is 0 Å². The van der Waals surface area contributed by atoms with Crippen molar-refractivity contribution in [3.8, 4) is 0 Å². The number of rotatable bonds is 9. The summed E-state index contributed by atoms with van der Waals surface area (Å²) in [5.41, 5.74) is -1.66. The molecule has 15 heteroatoms. The van der Waals surface area contributed by atoms with Gasteiger partial charge in [0.25, 0.3) is 0 Å².